The minimum atomic E-state index is -3.72. The fraction of sp³-hybridized carbons (Fsp3) is 0.312. The summed E-state index contributed by atoms with van der Waals surface area (Å²) in [6.45, 7) is 3.46. The Morgan fingerprint density at radius 1 is 1.13 bits per heavy atom. The second-order valence-corrected chi connectivity index (χ2v) is 6.75. The van der Waals surface area contributed by atoms with Crippen molar-refractivity contribution in [1.29, 1.82) is 0 Å². The summed E-state index contributed by atoms with van der Waals surface area (Å²) in [5.74, 6) is 0.852. The van der Waals surface area contributed by atoms with Crippen molar-refractivity contribution in [3.05, 3.63) is 47.8 Å². The molecule has 0 aliphatic heterocycles. The fourth-order valence-electron chi connectivity index (χ4n) is 2.24. The number of benzene rings is 1. The second kappa shape index (κ2) is 6.97. The van der Waals surface area contributed by atoms with Crippen molar-refractivity contribution in [3.8, 4) is 11.5 Å². The van der Waals surface area contributed by atoms with E-state index in [4.69, 9.17) is 9.47 Å². The van der Waals surface area contributed by atoms with Gasteiger partial charge in [0, 0.05) is 12.3 Å². The lowest BCUT2D eigenvalue weighted by molar-refractivity contribution is 0.353. The van der Waals surface area contributed by atoms with Crippen molar-refractivity contribution in [2.24, 2.45) is 0 Å². The molecule has 2 aromatic rings. The molecule has 0 fully saturated rings. The number of aryl methyl sites for hydroxylation is 1. The summed E-state index contributed by atoms with van der Waals surface area (Å²) in [7, 11) is -0.749. The zero-order valence-corrected chi connectivity index (χ0v) is 14.3. The lowest BCUT2D eigenvalue weighted by Gasteiger charge is -2.17. The van der Waals surface area contributed by atoms with Crippen LogP contribution in [-0.2, 0) is 10.0 Å². The zero-order valence-electron chi connectivity index (χ0n) is 13.5. The van der Waals surface area contributed by atoms with Gasteiger partial charge in [-0.25, -0.2) is 13.1 Å². The Hall–Kier alpha value is -2.12. The van der Waals surface area contributed by atoms with E-state index in [-0.39, 0.29) is 4.90 Å². The molecule has 0 spiro atoms. The van der Waals surface area contributed by atoms with Crippen molar-refractivity contribution in [3.63, 3.8) is 0 Å². The van der Waals surface area contributed by atoms with E-state index in [1.165, 1.54) is 20.3 Å². The molecule has 0 saturated heterocycles. The molecule has 2 rings (SSSR count). The minimum absolute atomic E-state index is 0.151. The third kappa shape index (κ3) is 3.80. The largest absolute Gasteiger partial charge is 0.493 e. The van der Waals surface area contributed by atoms with Gasteiger partial charge in [-0.2, -0.15) is 0 Å². The maximum atomic E-state index is 12.7. The van der Waals surface area contributed by atoms with Gasteiger partial charge in [-0.3, -0.25) is 4.98 Å². The lowest BCUT2D eigenvalue weighted by Crippen LogP contribution is -2.28. The van der Waals surface area contributed by atoms with E-state index >= 15 is 0 Å². The maximum Gasteiger partial charge on any atom is 0.241 e. The average molecular weight is 336 g/mol. The molecule has 0 amide bonds. The molecule has 0 saturated carbocycles. The Balaban J connectivity index is 2.36. The van der Waals surface area contributed by atoms with Crippen molar-refractivity contribution in [2.45, 2.75) is 24.8 Å². The molecule has 1 heterocycles. The van der Waals surface area contributed by atoms with Gasteiger partial charge in [0.25, 0.3) is 0 Å². The molecular formula is C16H20N2O4S. The van der Waals surface area contributed by atoms with Gasteiger partial charge in [0.2, 0.25) is 10.0 Å². The van der Waals surface area contributed by atoms with E-state index in [0.717, 1.165) is 0 Å². The third-order valence-electron chi connectivity index (χ3n) is 3.43. The second-order valence-electron chi connectivity index (χ2n) is 5.07. The minimum Gasteiger partial charge on any atom is -0.493 e. The lowest BCUT2D eigenvalue weighted by atomic mass is 10.2. The van der Waals surface area contributed by atoms with Crippen LogP contribution in [0.2, 0.25) is 0 Å². The van der Waals surface area contributed by atoms with Crippen molar-refractivity contribution in [1.82, 2.24) is 9.71 Å². The van der Waals surface area contributed by atoms with E-state index in [1.54, 1.807) is 38.2 Å². The van der Waals surface area contributed by atoms with Gasteiger partial charge in [0.05, 0.1) is 30.9 Å². The molecule has 7 heteroatoms. The smallest absolute Gasteiger partial charge is 0.241 e. The quantitative estimate of drug-likeness (QED) is 0.877. The summed E-state index contributed by atoms with van der Waals surface area (Å²) >= 11 is 0. The van der Waals surface area contributed by atoms with Crippen LogP contribution in [0.3, 0.4) is 0 Å². The summed E-state index contributed by atoms with van der Waals surface area (Å²) in [5.41, 5.74) is 1.22. The van der Waals surface area contributed by atoms with Crippen LogP contribution in [0.1, 0.15) is 24.2 Å². The molecule has 6 nitrogen and oxygen atoms in total. The highest BCUT2D eigenvalue weighted by molar-refractivity contribution is 7.89. The van der Waals surface area contributed by atoms with Crippen molar-refractivity contribution >= 4 is 10.0 Å². The highest BCUT2D eigenvalue weighted by Gasteiger charge is 2.23. The Bertz CT molecular complexity index is 776. The first-order valence-corrected chi connectivity index (χ1v) is 8.53. The van der Waals surface area contributed by atoms with E-state index in [9.17, 15) is 8.42 Å². The number of aromatic nitrogens is 1. The Morgan fingerprint density at radius 3 is 2.35 bits per heavy atom. The van der Waals surface area contributed by atoms with Crippen molar-refractivity contribution in [2.75, 3.05) is 14.2 Å². The molecule has 124 valence electrons. The third-order valence-corrected chi connectivity index (χ3v) is 5.12. The Morgan fingerprint density at radius 2 is 1.78 bits per heavy atom. The highest BCUT2D eigenvalue weighted by Crippen LogP contribution is 2.32. The van der Waals surface area contributed by atoms with Gasteiger partial charge in [-0.15, -0.1) is 0 Å². The van der Waals surface area contributed by atoms with Crippen LogP contribution in [0.5, 0.6) is 11.5 Å². The van der Waals surface area contributed by atoms with E-state index < -0.39 is 16.1 Å². The van der Waals surface area contributed by atoms with Gasteiger partial charge >= 0.3 is 0 Å². The number of nitrogens with one attached hydrogen (secondary N) is 1. The molecule has 1 atom stereocenters. The van der Waals surface area contributed by atoms with Gasteiger partial charge in [-0.1, -0.05) is 6.07 Å². The molecule has 1 aromatic carbocycles. The van der Waals surface area contributed by atoms with Gasteiger partial charge < -0.3 is 9.47 Å². The molecule has 1 N–H and O–H groups in total. The predicted octanol–water partition coefficient (Wildman–Crippen LogP) is 2.45. The molecule has 0 aliphatic rings. The molecule has 1 aromatic heterocycles. The monoisotopic (exact) mass is 336 g/mol. The topological polar surface area (TPSA) is 77.5 Å². The summed E-state index contributed by atoms with van der Waals surface area (Å²) in [6.07, 6.45) is 1.63. The van der Waals surface area contributed by atoms with Crippen LogP contribution < -0.4 is 14.2 Å². The summed E-state index contributed by atoms with van der Waals surface area (Å²) in [6, 6.07) is 8.02. The van der Waals surface area contributed by atoms with E-state index in [1.807, 2.05) is 6.07 Å². The first-order chi connectivity index (χ1) is 10.9. The molecule has 0 radical (unpaired) electrons. The standard InChI is InChI=1S/C16H20N2O4S/c1-11-9-14(21-3)15(22-4)10-16(11)23(19,20)18-12(2)13-7-5-6-8-17-13/h5-10,12,18H,1-4H3/t12-/m0/s1. The molecular weight excluding hydrogens is 316 g/mol. The maximum absolute atomic E-state index is 12.7. The average Bonchev–Trinajstić information content (AvgIpc) is 2.54. The number of hydrogen-bond acceptors (Lipinski definition) is 5. The van der Waals surface area contributed by atoms with Crippen LogP contribution in [0.15, 0.2) is 41.4 Å². The summed E-state index contributed by atoms with van der Waals surface area (Å²) < 4.78 is 38.3. The SMILES string of the molecule is COc1cc(C)c(S(=O)(=O)N[C@@H](C)c2ccccn2)cc1OC. The number of pyridine rings is 1. The van der Waals surface area contributed by atoms with Gasteiger partial charge in [0.1, 0.15) is 0 Å². The van der Waals surface area contributed by atoms with Crippen molar-refractivity contribution < 1.29 is 17.9 Å². The normalized spacial score (nSPS) is 12.7. The number of hydrogen-bond donors (Lipinski definition) is 1. The predicted molar refractivity (Wildman–Crippen MR) is 87.3 cm³/mol. The van der Waals surface area contributed by atoms with Gasteiger partial charge in [0.15, 0.2) is 11.5 Å². The molecule has 0 unspecified atom stereocenters. The van der Waals surface area contributed by atoms with E-state index in [2.05, 4.69) is 9.71 Å². The summed E-state index contributed by atoms with van der Waals surface area (Å²) in [4.78, 5) is 4.32. The molecule has 0 aliphatic carbocycles. The summed E-state index contributed by atoms with van der Waals surface area (Å²) in [5, 5.41) is 0. The van der Waals surface area contributed by atoms with Crippen LogP contribution in [0, 0.1) is 6.92 Å². The zero-order chi connectivity index (χ0) is 17.0. The van der Waals surface area contributed by atoms with Crippen LogP contribution >= 0.6 is 0 Å². The molecule has 0 bridgehead atoms. The number of nitrogens with zero attached hydrogens (tertiary/aromatic N) is 1. The van der Waals surface area contributed by atoms with Crippen LogP contribution in [-0.4, -0.2) is 27.6 Å². The number of rotatable bonds is 6. The molecule has 23 heavy (non-hydrogen) atoms. The Kier molecular flexibility index (Phi) is 5.23. The number of ether oxygens (including phenoxy) is 2. The first kappa shape index (κ1) is 17.2. The van der Waals surface area contributed by atoms with E-state index in [0.29, 0.717) is 22.8 Å². The Labute approximate surface area is 136 Å². The van der Waals surface area contributed by atoms with Crippen LogP contribution in [0.25, 0.3) is 0 Å². The van der Waals surface area contributed by atoms with Crippen LogP contribution in [0.4, 0.5) is 0 Å². The number of sulfonamides is 1. The number of methoxy groups -OCH3 is 2. The first-order valence-electron chi connectivity index (χ1n) is 7.05. The van der Waals surface area contributed by atoms with Gasteiger partial charge in [-0.05, 0) is 37.6 Å². The highest BCUT2D eigenvalue weighted by atomic mass is 32.2. The fourth-order valence-corrected chi connectivity index (χ4v) is 3.70.